The van der Waals surface area contributed by atoms with Gasteiger partial charge in [-0.3, -0.25) is 4.68 Å². The van der Waals surface area contributed by atoms with Crippen LogP contribution in [-0.2, 0) is 6.54 Å². The second-order valence-electron chi connectivity index (χ2n) is 3.83. The number of benzene rings is 1. The highest BCUT2D eigenvalue weighted by atomic mass is 19.1. The van der Waals surface area contributed by atoms with Crippen LogP contribution in [0.5, 0.6) is 0 Å². The summed E-state index contributed by atoms with van der Waals surface area (Å²) in [4.78, 5) is 0. The Morgan fingerprint density at radius 1 is 1.31 bits per heavy atom. The molecule has 0 saturated carbocycles. The zero-order valence-corrected chi connectivity index (χ0v) is 9.37. The summed E-state index contributed by atoms with van der Waals surface area (Å²) in [7, 11) is 0. The average molecular weight is 219 g/mol. The van der Waals surface area contributed by atoms with Crippen LogP contribution in [-0.4, -0.2) is 9.78 Å². The fourth-order valence-corrected chi connectivity index (χ4v) is 1.65. The number of aryl methyl sites for hydroxylation is 1. The van der Waals surface area contributed by atoms with Crippen molar-refractivity contribution < 1.29 is 4.39 Å². The lowest BCUT2D eigenvalue weighted by Gasteiger charge is -2.05. The van der Waals surface area contributed by atoms with Crippen LogP contribution >= 0.6 is 0 Å². The lowest BCUT2D eigenvalue weighted by Crippen LogP contribution is -2.05. The Labute approximate surface area is 93.7 Å². The number of nitrogen functional groups attached to an aromatic ring is 1. The third kappa shape index (κ3) is 1.78. The minimum absolute atomic E-state index is 0.214. The van der Waals surface area contributed by atoms with E-state index in [1.165, 1.54) is 6.07 Å². The number of anilines is 1. The van der Waals surface area contributed by atoms with E-state index in [4.69, 9.17) is 5.73 Å². The van der Waals surface area contributed by atoms with Gasteiger partial charge in [-0.25, -0.2) is 4.39 Å². The molecule has 0 atom stereocenters. The summed E-state index contributed by atoms with van der Waals surface area (Å²) in [5.41, 5.74) is 8.77. The normalized spacial score (nSPS) is 10.7. The minimum atomic E-state index is -0.214. The summed E-state index contributed by atoms with van der Waals surface area (Å²) < 4.78 is 15.2. The van der Waals surface area contributed by atoms with Crippen LogP contribution in [0.2, 0.25) is 0 Å². The standard InChI is InChI=1S/C12H14FN3/c1-8-12(14)9(2)16(15-8)7-10-5-3-4-6-11(10)13/h3-6H,7,14H2,1-2H3. The first kappa shape index (κ1) is 10.7. The predicted molar refractivity (Wildman–Crippen MR) is 61.6 cm³/mol. The number of halogens is 1. The second-order valence-corrected chi connectivity index (χ2v) is 3.83. The third-order valence-corrected chi connectivity index (χ3v) is 2.72. The Morgan fingerprint density at radius 3 is 2.56 bits per heavy atom. The Morgan fingerprint density at radius 2 is 2.00 bits per heavy atom. The molecule has 0 unspecified atom stereocenters. The first-order chi connectivity index (χ1) is 7.59. The Hall–Kier alpha value is -1.84. The molecule has 1 heterocycles. The van der Waals surface area contributed by atoms with Crippen LogP contribution in [0.25, 0.3) is 0 Å². The van der Waals surface area contributed by atoms with Crippen LogP contribution in [0.1, 0.15) is 17.0 Å². The summed E-state index contributed by atoms with van der Waals surface area (Å²) in [5.74, 6) is -0.214. The lowest BCUT2D eigenvalue weighted by atomic mass is 10.2. The van der Waals surface area contributed by atoms with Gasteiger partial charge in [-0.05, 0) is 19.9 Å². The summed E-state index contributed by atoms with van der Waals surface area (Å²) in [6, 6.07) is 6.69. The summed E-state index contributed by atoms with van der Waals surface area (Å²) >= 11 is 0. The molecule has 0 aliphatic rings. The quantitative estimate of drug-likeness (QED) is 0.842. The van der Waals surface area contributed by atoms with E-state index in [9.17, 15) is 4.39 Å². The van der Waals surface area contributed by atoms with E-state index in [1.54, 1.807) is 16.8 Å². The first-order valence-electron chi connectivity index (χ1n) is 5.12. The topological polar surface area (TPSA) is 43.8 Å². The molecule has 0 spiro atoms. The van der Waals surface area contributed by atoms with Crippen molar-refractivity contribution >= 4 is 5.69 Å². The Bertz CT molecular complexity index is 517. The number of rotatable bonds is 2. The SMILES string of the molecule is Cc1nn(Cc2ccccc2F)c(C)c1N. The van der Waals surface area contributed by atoms with Gasteiger partial charge < -0.3 is 5.73 Å². The molecule has 0 aliphatic carbocycles. The van der Waals surface area contributed by atoms with Gasteiger partial charge in [0.25, 0.3) is 0 Å². The number of nitrogens with two attached hydrogens (primary N) is 1. The molecule has 4 heteroatoms. The van der Waals surface area contributed by atoms with Gasteiger partial charge in [-0.15, -0.1) is 0 Å². The maximum Gasteiger partial charge on any atom is 0.128 e. The molecule has 1 aromatic carbocycles. The van der Waals surface area contributed by atoms with Crippen molar-refractivity contribution in [2.24, 2.45) is 0 Å². The molecule has 0 aliphatic heterocycles. The van der Waals surface area contributed by atoms with Crippen molar-refractivity contribution in [3.05, 3.63) is 47.0 Å². The summed E-state index contributed by atoms with van der Waals surface area (Å²) in [5, 5.41) is 4.27. The van der Waals surface area contributed by atoms with Crippen LogP contribution < -0.4 is 5.73 Å². The van der Waals surface area contributed by atoms with E-state index in [0.717, 1.165) is 11.4 Å². The summed E-state index contributed by atoms with van der Waals surface area (Å²) in [6.45, 7) is 4.15. The smallest absolute Gasteiger partial charge is 0.128 e. The first-order valence-corrected chi connectivity index (χ1v) is 5.12. The van der Waals surface area contributed by atoms with Crippen molar-refractivity contribution in [3.63, 3.8) is 0 Å². The molecular formula is C12H14FN3. The van der Waals surface area contributed by atoms with Gasteiger partial charge >= 0.3 is 0 Å². The number of hydrogen-bond acceptors (Lipinski definition) is 2. The molecule has 0 fully saturated rings. The third-order valence-electron chi connectivity index (χ3n) is 2.72. The maximum absolute atomic E-state index is 13.4. The van der Waals surface area contributed by atoms with Crippen molar-refractivity contribution in [1.82, 2.24) is 9.78 Å². The molecule has 2 aromatic rings. The van der Waals surface area contributed by atoms with E-state index in [-0.39, 0.29) is 5.82 Å². The molecule has 0 amide bonds. The minimum Gasteiger partial charge on any atom is -0.396 e. The number of nitrogens with zero attached hydrogens (tertiary/aromatic N) is 2. The van der Waals surface area contributed by atoms with Crippen LogP contribution in [0.4, 0.5) is 10.1 Å². The molecule has 0 radical (unpaired) electrons. The van der Waals surface area contributed by atoms with E-state index < -0.39 is 0 Å². The van der Waals surface area contributed by atoms with E-state index in [2.05, 4.69) is 5.10 Å². The molecule has 16 heavy (non-hydrogen) atoms. The fourth-order valence-electron chi connectivity index (χ4n) is 1.65. The van der Waals surface area contributed by atoms with Crippen molar-refractivity contribution in [3.8, 4) is 0 Å². The van der Waals surface area contributed by atoms with E-state index >= 15 is 0 Å². The number of hydrogen-bond donors (Lipinski definition) is 1. The average Bonchev–Trinajstić information content (AvgIpc) is 2.50. The molecule has 2 rings (SSSR count). The molecule has 0 bridgehead atoms. The highest BCUT2D eigenvalue weighted by Gasteiger charge is 2.09. The molecule has 2 N–H and O–H groups in total. The second kappa shape index (κ2) is 3.96. The zero-order chi connectivity index (χ0) is 11.7. The molecule has 0 saturated heterocycles. The fraction of sp³-hybridized carbons (Fsp3) is 0.250. The van der Waals surface area contributed by atoms with Crippen molar-refractivity contribution in [2.45, 2.75) is 20.4 Å². The van der Waals surface area contributed by atoms with Crippen molar-refractivity contribution in [2.75, 3.05) is 5.73 Å². The van der Waals surface area contributed by atoms with Gasteiger partial charge in [-0.1, -0.05) is 18.2 Å². The van der Waals surface area contributed by atoms with Gasteiger partial charge in [0, 0.05) is 5.56 Å². The molecule has 84 valence electrons. The van der Waals surface area contributed by atoms with Crippen LogP contribution in [0.15, 0.2) is 24.3 Å². The maximum atomic E-state index is 13.4. The molecule has 3 nitrogen and oxygen atoms in total. The predicted octanol–water partition coefficient (Wildman–Crippen LogP) is 2.27. The molecular weight excluding hydrogens is 205 g/mol. The zero-order valence-electron chi connectivity index (χ0n) is 9.37. The van der Waals surface area contributed by atoms with Crippen LogP contribution in [0, 0.1) is 19.7 Å². The van der Waals surface area contributed by atoms with Crippen molar-refractivity contribution in [1.29, 1.82) is 0 Å². The van der Waals surface area contributed by atoms with Gasteiger partial charge in [0.2, 0.25) is 0 Å². The largest absolute Gasteiger partial charge is 0.396 e. The Kier molecular flexibility index (Phi) is 2.64. The van der Waals surface area contributed by atoms with Gasteiger partial charge in [0.1, 0.15) is 5.82 Å². The number of aromatic nitrogens is 2. The highest BCUT2D eigenvalue weighted by molar-refractivity contribution is 5.47. The highest BCUT2D eigenvalue weighted by Crippen LogP contribution is 2.17. The van der Waals surface area contributed by atoms with E-state index in [1.807, 2.05) is 19.9 Å². The lowest BCUT2D eigenvalue weighted by molar-refractivity contribution is 0.579. The van der Waals surface area contributed by atoms with Gasteiger partial charge in [-0.2, -0.15) is 5.10 Å². The molecule has 1 aromatic heterocycles. The van der Waals surface area contributed by atoms with Crippen LogP contribution in [0.3, 0.4) is 0 Å². The van der Waals surface area contributed by atoms with Gasteiger partial charge in [0.15, 0.2) is 0 Å². The van der Waals surface area contributed by atoms with Gasteiger partial charge in [0.05, 0.1) is 23.6 Å². The summed E-state index contributed by atoms with van der Waals surface area (Å²) in [6.07, 6.45) is 0. The van der Waals surface area contributed by atoms with E-state index in [0.29, 0.717) is 17.8 Å². The Balaban J connectivity index is 2.34. The monoisotopic (exact) mass is 219 g/mol.